The number of fused-ring (bicyclic) bond motifs is 1. The quantitative estimate of drug-likeness (QED) is 0.908. The molecule has 2 aromatic rings. The third-order valence-corrected chi connectivity index (χ3v) is 4.68. The zero-order chi connectivity index (χ0) is 14.8. The second-order valence-electron chi connectivity index (χ2n) is 5.99. The van der Waals surface area contributed by atoms with Gasteiger partial charge in [0.2, 0.25) is 0 Å². The molecule has 2 heterocycles. The highest BCUT2D eigenvalue weighted by molar-refractivity contribution is 5.92. The van der Waals surface area contributed by atoms with Crippen molar-refractivity contribution < 1.29 is 5.11 Å². The first-order chi connectivity index (χ1) is 10.2. The van der Waals surface area contributed by atoms with Crippen LogP contribution in [0.4, 0.5) is 5.82 Å². The summed E-state index contributed by atoms with van der Waals surface area (Å²) >= 11 is 0. The molecule has 21 heavy (non-hydrogen) atoms. The molecule has 1 aliphatic rings. The van der Waals surface area contributed by atoms with Crippen molar-refractivity contribution in [3.05, 3.63) is 17.6 Å². The van der Waals surface area contributed by atoms with Gasteiger partial charge in [0.1, 0.15) is 17.8 Å². The molecule has 1 aliphatic carbocycles. The maximum atomic E-state index is 9.26. The van der Waals surface area contributed by atoms with Gasteiger partial charge < -0.3 is 15.0 Å². The summed E-state index contributed by atoms with van der Waals surface area (Å²) in [5, 5.41) is 14.0. The van der Waals surface area contributed by atoms with Gasteiger partial charge >= 0.3 is 0 Å². The van der Waals surface area contributed by atoms with Crippen LogP contribution in [-0.4, -0.2) is 32.3 Å². The molecular weight excluding hydrogens is 264 g/mol. The lowest BCUT2D eigenvalue weighted by Gasteiger charge is -2.23. The highest BCUT2D eigenvalue weighted by atomic mass is 16.3. The van der Waals surface area contributed by atoms with E-state index in [2.05, 4.69) is 33.7 Å². The molecule has 1 saturated carbocycles. The number of aryl methyl sites for hydroxylation is 1. The lowest BCUT2D eigenvalue weighted by Crippen LogP contribution is -2.23. The van der Waals surface area contributed by atoms with Gasteiger partial charge in [0.05, 0.1) is 12.0 Å². The molecular formula is C16H24N4O. The maximum Gasteiger partial charge on any atom is 0.146 e. The molecule has 2 aromatic heterocycles. The minimum atomic E-state index is 0.124. The predicted octanol–water partition coefficient (Wildman–Crippen LogP) is 2.79. The van der Waals surface area contributed by atoms with Crippen molar-refractivity contribution in [2.45, 2.75) is 58.5 Å². The molecule has 0 atom stereocenters. The Hall–Kier alpha value is -1.62. The predicted molar refractivity (Wildman–Crippen MR) is 84.6 cm³/mol. The van der Waals surface area contributed by atoms with Crippen molar-refractivity contribution in [2.75, 3.05) is 11.9 Å². The van der Waals surface area contributed by atoms with Gasteiger partial charge in [0.25, 0.3) is 0 Å². The van der Waals surface area contributed by atoms with Gasteiger partial charge in [-0.2, -0.15) is 0 Å². The standard InChI is InChI=1S/C16H24N4O/c1-11-12(2)20(8-9-21)16-14(11)15(17-10-18-16)19-13-6-4-3-5-7-13/h10,13,21H,3-9H2,1-2H3,(H,17,18,19). The molecule has 0 aliphatic heterocycles. The molecule has 0 saturated heterocycles. The summed E-state index contributed by atoms with van der Waals surface area (Å²) in [5.41, 5.74) is 3.29. The van der Waals surface area contributed by atoms with Crippen LogP contribution in [0.15, 0.2) is 6.33 Å². The van der Waals surface area contributed by atoms with Crippen molar-refractivity contribution in [2.24, 2.45) is 0 Å². The molecule has 0 spiro atoms. The van der Waals surface area contributed by atoms with E-state index in [4.69, 9.17) is 0 Å². The summed E-state index contributed by atoms with van der Waals surface area (Å²) in [4.78, 5) is 8.91. The van der Waals surface area contributed by atoms with E-state index in [1.807, 2.05) is 0 Å². The number of hydrogen-bond acceptors (Lipinski definition) is 4. The first-order valence-electron chi connectivity index (χ1n) is 7.90. The monoisotopic (exact) mass is 288 g/mol. The van der Waals surface area contributed by atoms with Gasteiger partial charge in [0.15, 0.2) is 0 Å². The lowest BCUT2D eigenvalue weighted by atomic mass is 9.95. The molecule has 2 N–H and O–H groups in total. The normalized spacial score (nSPS) is 16.5. The molecule has 0 radical (unpaired) electrons. The summed E-state index contributed by atoms with van der Waals surface area (Å²) in [6, 6.07) is 0.526. The summed E-state index contributed by atoms with van der Waals surface area (Å²) < 4.78 is 2.08. The van der Waals surface area contributed by atoms with Gasteiger partial charge in [-0.15, -0.1) is 0 Å². The first kappa shape index (κ1) is 14.3. The molecule has 0 unspecified atom stereocenters. The van der Waals surface area contributed by atoms with Crippen LogP contribution in [0.1, 0.15) is 43.4 Å². The Balaban J connectivity index is 2.00. The molecule has 5 heteroatoms. The SMILES string of the molecule is Cc1c(C)n(CCO)c2ncnc(NC3CCCCC3)c12. The summed E-state index contributed by atoms with van der Waals surface area (Å²) in [5.74, 6) is 0.948. The van der Waals surface area contributed by atoms with Crippen molar-refractivity contribution in [1.29, 1.82) is 0 Å². The summed E-state index contributed by atoms with van der Waals surface area (Å²) in [7, 11) is 0. The zero-order valence-electron chi connectivity index (χ0n) is 12.9. The maximum absolute atomic E-state index is 9.26. The lowest BCUT2D eigenvalue weighted by molar-refractivity contribution is 0.276. The Labute approximate surface area is 125 Å². The van der Waals surface area contributed by atoms with Gasteiger partial charge in [-0.1, -0.05) is 19.3 Å². The van der Waals surface area contributed by atoms with Crippen LogP contribution in [0.2, 0.25) is 0 Å². The molecule has 0 amide bonds. The molecule has 1 fully saturated rings. The number of hydrogen-bond donors (Lipinski definition) is 2. The summed E-state index contributed by atoms with van der Waals surface area (Å²) in [6.45, 7) is 4.90. The fourth-order valence-electron chi connectivity index (χ4n) is 3.39. The fourth-order valence-corrected chi connectivity index (χ4v) is 3.39. The van der Waals surface area contributed by atoms with Crippen molar-refractivity contribution >= 4 is 16.9 Å². The van der Waals surface area contributed by atoms with Crippen LogP contribution < -0.4 is 5.32 Å². The van der Waals surface area contributed by atoms with Crippen molar-refractivity contribution in [3.8, 4) is 0 Å². The van der Waals surface area contributed by atoms with Crippen LogP contribution in [0.5, 0.6) is 0 Å². The van der Waals surface area contributed by atoms with E-state index in [-0.39, 0.29) is 6.61 Å². The number of anilines is 1. The topological polar surface area (TPSA) is 63.0 Å². The number of nitrogens with one attached hydrogen (secondary N) is 1. The molecule has 5 nitrogen and oxygen atoms in total. The van der Waals surface area contributed by atoms with E-state index in [0.29, 0.717) is 12.6 Å². The van der Waals surface area contributed by atoms with Gasteiger partial charge in [-0.05, 0) is 32.3 Å². The van der Waals surface area contributed by atoms with Crippen LogP contribution >= 0.6 is 0 Å². The van der Waals surface area contributed by atoms with E-state index in [1.165, 1.54) is 37.7 Å². The third kappa shape index (κ3) is 2.62. The van der Waals surface area contributed by atoms with Crippen LogP contribution in [0, 0.1) is 13.8 Å². The first-order valence-corrected chi connectivity index (χ1v) is 7.90. The Kier molecular flexibility index (Phi) is 4.10. The van der Waals surface area contributed by atoms with Crippen molar-refractivity contribution in [3.63, 3.8) is 0 Å². The molecule has 114 valence electrons. The Morgan fingerprint density at radius 2 is 2.00 bits per heavy atom. The molecule has 3 rings (SSSR count). The molecule has 0 aromatic carbocycles. The Bertz CT molecular complexity index is 629. The number of nitrogens with zero attached hydrogens (tertiary/aromatic N) is 3. The van der Waals surface area contributed by atoms with Crippen molar-refractivity contribution in [1.82, 2.24) is 14.5 Å². The van der Waals surface area contributed by atoms with Crippen LogP contribution in [0.3, 0.4) is 0 Å². The number of aliphatic hydroxyl groups is 1. The third-order valence-electron chi connectivity index (χ3n) is 4.68. The Morgan fingerprint density at radius 3 is 2.71 bits per heavy atom. The Morgan fingerprint density at radius 1 is 1.24 bits per heavy atom. The van der Waals surface area contributed by atoms with Gasteiger partial charge in [0, 0.05) is 18.3 Å². The number of aromatic nitrogens is 3. The van der Waals surface area contributed by atoms with E-state index in [9.17, 15) is 5.11 Å². The van der Waals surface area contributed by atoms with Gasteiger partial charge in [-0.3, -0.25) is 0 Å². The van der Waals surface area contributed by atoms with Crippen LogP contribution in [0.25, 0.3) is 11.0 Å². The minimum absolute atomic E-state index is 0.124. The average molecular weight is 288 g/mol. The van der Waals surface area contributed by atoms with Crippen LogP contribution in [-0.2, 0) is 6.54 Å². The number of aliphatic hydroxyl groups excluding tert-OH is 1. The van der Waals surface area contributed by atoms with Gasteiger partial charge in [-0.25, -0.2) is 9.97 Å². The largest absolute Gasteiger partial charge is 0.395 e. The summed E-state index contributed by atoms with van der Waals surface area (Å²) in [6.07, 6.45) is 8.02. The smallest absolute Gasteiger partial charge is 0.146 e. The van der Waals surface area contributed by atoms with E-state index in [0.717, 1.165) is 22.5 Å². The second-order valence-corrected chi connectivity index (χ2v) is 5.99. The highest BCUT2D eigenvalue weighted by Gasteiger charge is 2.19. The fraction of sp³-hybridized carbons (Fsp3) is 0.625. The minimum Gasteiger partial charge on any atom is -0.395 e. The average Bonchev–Trinajstić information content (AvgIpc) is 2.75. The van der Waals surface area contributed by atoms with E-state index >= 15 is 0 Å². The molecule has 0 bridgehead atoms. The second kappa shape index (κ2) is 6.02. The van der Waals surface area contributed by atoms with E-state index in [1.54, 1.807) is 6.33 Å². The zero-order valence-corrected chi connectivity index (χ0v) is 12.9. The highest BCUT2D eigenvalue weighted by Crippen LogP contribution is 2.30. The van der Waals surface area contributed by atoms with E-state index < -0.39 is 0 Å². The number of rotatable bonds is 4.